The molecule has 0 aliphatic heterocycles. The molecule has 0 saturated carbocycles. The van der Waals surface area contributed by atoms with E-state index in [-0.39, 0.29) is 11.9 Å². The van der Waals surface area contributed by atoms with Gasteiger partial charge in [-0.2, -0.15) is 19.5 Å². The molecule has 0 radical (unpaired) electrons. The molecule has 0 unspecified atom stereocenters. The molecule has 3 N–H and O–H groups in total. The number of nitrogens with two attached hydrogens (primary N) is 1. The lowest BCUT2D eigenvalue weighted by Crippen LogP contribution is -2.35. The number of imidazole rings is 2. The second-order valence-corrected chi connectivity index (χ2v) is 7.02. The zero-order valence-corrected chi connectivity index (χ0v) is 15.3. The first-order valence-corrected chi connectivity index (χ1v) is 8.41. The van der Waals surface area contributed by atoms with Crippen LogP contribution in [0.1, 0.15) is 33.7 Å². The highest BCUT2D eigenvalue weighted by Gasteiger charge is 2.26. The van der Waals surface area contributed by atoms with Crippen molar-refractivity contribution in [3.05, 3.63) is 24.9 Å². The molecule has 27 heavy (non-hydrogen) atoms. The van der Waals surface area contributed by atoms with Crippen molar-refractivity contribution in [2.45, 2.75) is 39.4 Å². The Hall–Kier alpha value is -3.37. The van der Waals surface area contributed by atoms with Crippen LogP contribution in [0.3, 0.4) is 0 Å². The van der Waals surface area contributed by atoms with E-state index in [0.29, 0.717) is 28.0 Å². The minimum atomic E-state index is -0.825. The van der Waals surface area contributed by atoms with Crippen LogP contribution >= 0.6 is 0 Å². The van der Waals surface area contributed by atoms with E-state index in [1.54, 1.807) is 23.4 Å². The summed E-state index contributed by atoms with van der Waals surface area (Å²) in [6, 6.07) is 0.0873. The average molecular weight is 370 g/mol. The molecule has 4 heterocycles. The van der Waals surface area contributed by atoms with Gasteiger partial charge in [-0.3, -0.25) is 0 Å². The summed E-state index contributed by atoms with van der Waals surface area (Å²) in [5.41, 5.74) is 7.26. The molecule has 0 fully saturated rings. The highest BCUT2D eigenvalue weighted by molar-refractivity contribution is 5.85. The Morgan fingerprint density at radius 2 is 1.89 bits per heavy atom. The number of rotatable bonds is 4. The number of aromatic nitrogens is 8. The molecule has 0 aromatic carbocycles. The third kappa shape index (κ3) is 2.71. The second-order valence-electron chi connectivity index (χ2n) is 7.02. The van der Waals surface area contributed by atoms with E-state index in [1.807, 2.05) is 32.3 Å². The summed E-state index contributed by atoms with van der Waals surface area (Å²) in [6.45, 7) is 7.74. The molecule has 0 aliphatic rings. The molecule has 0 bridgehead atoms. The van der Waals surface area contributed by atoms with Gasteiger partial charge in [-0.15, -0.1) is 5.10 Å². The van der Waals surface area contributed by atoms with Crippen molar-refractivity contribution in [2.24, 2.45) is 0 Å². The molecule has 4 rings (SSSR count). The fourth-order valence-electron chi connectivity index (χ4n) is 3.02. The van der Waals surface area contributed by atoms with Gasteiger partial charge in [-0.1, -0.05) is 0 Å². The van der Waals surface area contributed by atoms with Gasteiger partial charge in [-0.05, 0) is 27.7 Å². The van der Waals surface area contributed by atoms with Crippen LogP contribution in [0.2, 0.25) is 0 Å². The maximum atomic E-state index is 14.1. The van der Waals surface area contributed by atoms with Crippen LogP contribution in [-0.2, 0) is 5.66 Å². The topological polar surface area (TPSA) is 125 Å². The molecular weight excluding hydrogens is 351 g/mol. The fourth-order valence-corrected chi connectivity index (χ4v) is 3.02. The maximum Gasteiger partial charge on any atom is 0.312 e. The maximum absolute atomic E-state index is 14.1. The molecule has 0 saturated heterocycles. The van der Waals surface area contributed by atoms with E-state index in [0.717, 1.165) is 0 Å². The van der Waals surface area contributed by atoms with E-state index >= 15 is 0 Å². The quantitative estimate of drug-likeness (QED) is 0.523. The Kier molecular flexibility index (Phi) is 3.68. The SMILES string of the molecule is CC(C)n1cnc2c(NC(C)(C)n3cnc4c(N)nncc43)nc(F)nc21. The summed E-state index contributed by atoms with van der Waals surface area (Å²) in [6.07, 6.45) is 4.00. The second kappa shape index (κ2) is 5.83. The van der Waals surface area contributed by atoms with Gasteiger partial charge < -0.3 is 20.2 Å². The third-order valence-electron chi connectivity index (χ3n) is 4.37. The van der Waals surface area contributed by atoms with Gasteiger partial charge in [0, 0.05) is 6.04 Å². The zero-order chi connectivity index (χ0) is 19.3. The molecule has 0 aliphatic carbocycles. The van der Waals surface area contributed by atoms with Gasteiger partial charge in [0.15, 0.2) is 22.8 Å². The largest absolute Gasteiger partial charge is 0.380 e. The zero-order valence-electron chi connectivity index (χ0n) is 15.3. The lowest BCUT2D eigenvalue weighted by molar-refractivity contribution is 0.421. The lowest BCUT2D eigenvalue weighted by atomic mass is 10.2. The van der Waals surface area contributed by atoms with Crippen LogP contribution in [0.4, 0.5) is 16.0 Å². The number of hydrogen-bond acceptors (Lipinski definition) is 8. The van der Waals surface area contributed by atoms with E-state index in [9.17, 15) is 4.39 Å². The highest BCUT2D eigenvalue weighted by Crippen LogP contribution is 2.28. The molecule has 4 aromatic heterocycles. The molecule has 11 heteroatoms. The fraction of sp³-hybridized carbons (Fsp3) is 0.375. The minimum Gasteiger partial charge on any atom is -0.380 e. The minimum absolute atomic E-state index is 0.0873. The Balaban J connectivity index is 1.82. The van der Waals surface area contributed by atoms with Crippen molar-refractivity contribution in [3.8, 4) is 0 Å². The number of hydrogen-bond donors (Lipinski definition) is 2. The van der Waals surface area contributed by atoms with Gasteiger partial charge in [0.25, 0.3) is 0 Å². The van der Waals surface area contributed by atoms with Gasteiger partial charge >= 0.3 is 6.08 Å². The normalized spacial score (nSPS) is 12.4. The molecule has 140 valence electrons. The summed E-state index contributed by atoms with van der Waals surface area (Å²) in [4.78, 5) is 16.5. The van der Waals surface area contributed by atoms with Crippen molar-refractivity contribution in [3.63, 3.8) is 0 Å². The van der Waals surface area contributed by atoms with E-state index < -0.39 is 11.7 Å². The Morgan fingerprint density at radius 1 is 1.15 bits per heavy atom. The van der Waals surface area contributed by atoms with Crippen LogP contribution in [0.25, 0.3) is 22.2 Å². The number of anilines is 2. The number of nitrogens with zero attached hydrogens (tertiary/aromatic N) is 8. The number of halogens is 1. The Morgan fingerprint density at radius 3 is 2.63 bits per heavy atom. The number of nitrogens with one attached hydrogen (secondary N) is 1. The third-order valence-corrected chi connectivity index (χ3v) is 4.37. The van der Waals surface area contributed by atoms with Crippen molar-refractivity contribution in [1.29, 1.82) is 0 Å². The van der Waals surface area contributed by atoms with Gasteiger partial charge in [0.2, 0.25) is 0 Å². The molecule has 0 atom stereocenters. The van der Waals surface area contributed by atoms with Gasteiger partial charge in [0.1, 0.15) is 11.2 Å². The Labute approximate surface area is 153 Å². The number of nitrogen functional groups attached to an aromatic ring is 1. The monoisotopic (exact) mass is 370 g/mol. The van der Waals surface area contributed by atoms with Gasteiger partial charge in [0.05, 0.1) is 24.4 Å². The van der Waals surface area contributed by atoms with E-state index in [1.165, 1.54) is 0 Å². The molecule has 10 nitrogen and oxygen atoms in total. The summed E-state index contributed by atoms with van der Waals surface area (Å²) in [7, 11) is 0. The lowest BCUT2D eigenvalue weighted by Gasteiger charge is -2.29. The van der Waals surface area contributed by atoms with Crippen LogP contribution < -0.4 is 11.1 Å². The number of fused-ring (bicyclic) bond motifs is 2. The van der Waals surface area contributed by atoms with Gasteiger partial charge in [-0.25, -0.2) is 9.97 Å². The summed E-state index contributed by atoms with van der Waals surface area (Å²) < 4.78 is 17.7. The first kappa shape index (κ1) is 17.1. The van der Waals surface area contributed by atoms with Crippen LogP contribution in [0, 0.1) is 6.08 Å². The van der Waals surface area contributed by atoms with E-state index in [4.69, 9.17) is 5.73 Å². The van der Waals surface area contributed by atoms with Crippen molar-refractivity contribution >= 4 is 33.8 Å². The van der Waals surface area contributed by atoms with Crippen LogP contribution in [0.15, 0.2) is 18.9 Å². The first-order valence-electron chi connectivity index (χ1n) is 8.41. The predicted octanol–water partition coefficient (Wildman–Crippen LogP) is 2.07. The molecule has 0 spiro atoms. The molecule has 4 aromatic rings. The van der Waals surface area contributed by atoms with Crippen molar-refractivity contribution in [1.82, 2.24) is 39.3 Å². The van der Waals surface area contributed by atoms with Crippen molar-refractivity contribution < 1.29 is 4.39 Å². The standard InChI is InChI=1S/C16H19FN10/c1-8(2)26-6-19-11-13(22-15(17)23-14(11)26)24-16(3,4)27-7-20-10-9(27)5-21-25-12(10)18/h5-8H,1-4H3,(H2,18,25)(H,22,23,24). The summed E-state index contributed by atoms with van der Waals surface area (Å²) >= 11 is 0. The van der Waals surface area contributed by atoms with Crippen LogP contribution in [-0.4, -0.2) is 39.3 Å². The molecule has 0 amide bonds. The first-order chi connectivity index (χ1) is 12.8. The van der Waals surface area contributed by atoms with Crippen LogP contribution in [0.5, 0.6) is 0 Å². The molecular formula is C16H19FN10. The summed E-state index contributed by atoms with van der Waals surface area (Å²) in [5, 5.41) is 10.9. The smallest absolute Gasteiger partial charge is 0.312 e. The highest BCUT2D eigenvalue weighted by atomic mass is 19.1. The average Bonchev–Trinajstić information content (AvgIpc) is 3.19. The Bertz CT molecular complexity index is 1140. The van der Waals surface area contributed by atoms with E-state index in [2.05, 4.69) is 35.5 Å². The summed E-state index contributed by atoms with van der Waals surface area (Å²) in [5.74, 6) is 0.534. The van der Waals surface area contributed by atoms with Crippen molar-refractivity contribution in [2.75, 3.05) is 11.1 Å². The predicted molar refractivity (Wildman–Crippen MR) is 98.3 cm³/mol.